The van der Waals surface area contributed by atoms with Crippen molar-refractivity contribution in [2.45, 2.75) is 19.1 Å². The Kier molecular flexibility index (Phi) is 4.97. The molecule has 1 unspecified atom stereocenters. The standard InChI is InChI=1S/C21H18N2O5/c24-20(18-11-10-16(27-18)13-26-15-7-2-1-3-8-15)22-23-21(25)19-12-14-6-4-5-9-17(14)28-19/h1-11,19H,12-13H2,(H,22,24)(H,23,25). The Labute approximate surface area is 161 Å². The summed E-state index contributed by atoms with van der Waals surface area (Å²) < 4.78 is 16.6. The minimum Gasteiger partial charge on any atom is -0.486 e. The third kappa shape index (κ3) is 3.98. The van der Waals surface area contributed by atoms with Crippen LogP contribution in [-0.2, 0) is 17.8 Å². The van der Waals surface area contributed by atoms with E-state index in [4.69, 9.17) is 13.9 Å². The molecule has 1 aromatic heterocycles. The molecule has 0 saturated carbocycles. The molecule has 1 aliphatic heterocycles. The Bertz CT molecular complexity index is 958. The van der Waals surface area contributed by atoms with Crippen molar-refractivity contribution in [3.05, 3.63) is 83.8 Å². The molecular weight excluding hydrogens is 360 g/mol. The normalized spacial score (nSPS) is 14.6. The van der Waals surface area contributed by atoms with E-state index in [0.717, 1.165) is 5.56 Å². The van der Waals surface area contributed by atoms with Gasteiger partial charge in [0.15, 0.2) is 11.9 Å². The van der Waals surface area contributed by atoms with Crippen LogP contribution in [0.1, 0.15) is 21.9 Å². The van der Waals surface area contributed by atoms with Gasteiger partial charge in [-0.15, -0.1) is 0 Å². The van der Waals surface area contributed by atoms with Crippen molar-refractivity contribution >= 4 is 11.8 Å². The zero-order chi connectivity index (χ0) is 19.3. The summed E-state index contributed by atoms with van der Waals surface area (Å²) in [5.41, 5.74) is 5.67. The van der Waals surface area contributed by atoms with Crippen LogP contribution in [0.2, 0.25) is 0 Å². The first-order chi connectivity index (χ1) is 13.7. The molecule has 4 rings (SSSR count). The van der Waals surface area contributed by atoms with Crippen LogP contribution in [0.3, 0.4) is 0 Å². The summed E-state index contributed by atoms with van der Waals surface area (Å²) in [6.45, 7) is 0.192. The van der Waals surface area contributed by atoms with Crippen LogP contribution in [0.25, 0.3) is 0 Å². The van der Waals surface area contributed by atoms with Crippen LogP contribution in [0.5, 0.6) is 11.5 Å². The van der Waals surface area contributed by atoms with Crippen molar-refractivity contribution in [1.82, 2.24) is 10.9 Å². The number of benzene rings is 2. The number of hydrogen-bond acceptors (Lipinski definition) is 5. The number of rotatable bonds is 5. The quantitative estimate of drug-likeness (QED) is 0.666. The summed E-state index contributed by atoms with van der Waals surface area (Å²) in [4.78, 5) is 24.4. The number of hydrogen-bond donors (Lipinski definition) is 2. The van der Waals surface area contributed by atoms with Crippen LogP contribution >= 0.6 is 0 Å². The molecule has 142 valence electrons. The number of carbonyl (C=O) groups is 2. The van der Waals surface area contributed by atoms with Gasteiger partial charge in [-0.05, 0) is 35.9 Å². The highest BCUT2D eigenvalue weighted by atomic mass is 16.5. The van der Waals surface area contributed by atoms with Crippen molar-refractivity contribution in [2.24, 2.45) is 0 Å². The largest absolute Gasteiger partial charge is 0.486 e. The van der Waals surface area contributed by atoms with Crippen LogP contribution in [0, 0.1) is 0 Å². The van der Waals surface area contributed by atoms with Crippen LogP contribution in [0.4, 0.5) is 0 Å². The second-order valence-electron chi connectivity index (χ2n) is 6.23. The summed E-state index contributed by atoms with van der Waals surface area (Å²) in [6, 6.07) is 19.9. The molecule has 2 amide bonds. The van der Waals surface area contributed by atoms with Gasteiger partial charge in [0.25, 0.3) is 5.91 Å². The summed E-state index contributed by atoms with van der Waals surface area (Å²) >= 11 is 0. The average Bonchev–Trinajstić information content (AvgIpc) is 3.38. The Morgan fingerprint density at radius 3 is 2.57 bits per heavy atom. The molecule has 2 N–H and O–H groups in total. The zero-order valence-electron chi connectivity index (χ0n) is 14.9. The molecule has 0 radical (unpaired) electrons. The molecule has 2 heterocycles. The predicted molar refractivity (Wildman–Crippen MR) is 99.7 cm³/mol. The van der Waals surface area contributed by atoms with Gasteiger partial charge in [-0.2, -0.15) is 0 Å². The summed E-state index contributed by atoms with van der Waals surface area (Å²) in [7, 11) is 0. The first kappa shape index (κ1) is 17.7. The first-order valence-corrected chi connectivity index (χ1v) is 8.80. The van der Waals surface area contributed by atoms with Crippen molar-refractivity contribution in [3.8, 4) is 11.5 Å². The highest BCUT2D eigenvalue weighted by Gasteiger charge is 2.29. The SMILES string of the molecule is O=C(NNC(=O)C1Cc2ccccc2O1)c1ccc(COc2ccccc2)o1. The number of amides is 2. The molecular formula is C21H18N2O5. The van der Waals surface area contributed by atoms with E-state index in [-0.39, 0.29) is 12.4 Å². The third-order valence-electron chi connectivity index (χ3n) is 4.25. The Hall–Kier alpha value is -3.74. The summed E-state index contributed by atoms with van der Waals surface area (Å²) in [5.74, 6) is 0.967. The molecule has 0 saturated heterocycles. The number of nitrogens with one attached hydrogen (secondary N) is 2. The smallest absolute Gasteiger partial charge is 0.305 e. The number of fused-ring (bicyclic) bond motifs is 1. The van der Waals surface area contributed by atoms with E-state index in [2.05, 4.69) is 10.9 Å². The Morgan fingerprint density at radius 1 is 0.964 bits per heavy atom. The maximum Gasteiger partial charge on any atom is 0.305 e. The number of ether oxygens (including phenoxy) is 2. The number of furan rings is 1. The van der Waals surface area contributed by atoms with E-state index in [9.17, 15) is 9.59 Å². The van der Waals surface area contributed by atoms with Gasteiger partial charge < -0.3 is 13.9 Å². The van der Waals surface area contributed by atoms with E-state index in [1.54, 1.807) is 6.07 Å². The lowest BCUT2D eigenvalue weighted by atomic mass is 10.1. The Balaban J connectivity index is 1.26. The molecule has 2 aromatic carbocycles. The van der Waals surface area contributed by atoms with Gasteiger partial charge in [-0.25, -0.2) is 0 Å². The third-order valence-corrected chi connectivity index (χ3v) is 4.25. The maximum absolute atomic E-state index is 12.2. The second-order valence-corrected chi connectivity index (χ2v) is 6.23. The molecule has 28 heavy (non-hydrogen) atoms. The predicted octanol–water partition coefficient (Wildman–Crippen LogP) is 2.62. The van der Waals surface area contributed by atoms with Crippen molar-refractivity contribution in [3.63, 3.8) is 0 Å². The van der Waals surface area contributed by atoms with Gasteiger partial charge in [0.1, 0.15) is 23.9 Å². The fraction of sp³-hybridized carbons (Fsp3) is 0.143. The van der Waals surface area contributed by atoms with E-state index < -0.39 is 17.9 Å². The van der Waals surface area contributed by atoms with Gasteiger partial charge in [-0.3, -0.25) is 20.4 Å². The molecule has 1 aliphatic rings. The van der Waals surface area contributed by atoms with Gasteiger partial charge >= 0.3 is 5.91 Å². The van der Waals surface area contributed by atoms with E-state index >= 15 is 0 Å². The topological polar surface area (TPSA) is 89.8 Å². The van der Waals surface area contributed by atoms with E-state index in [1.165, 1.54) is 6.07 Å². The molecule has 0 aliphatic carbocycles. The van der Waals surface area contributed by atoms with Crippen LogP contribution < -0.4 is 20.3 Å². The summed E-state index contributed by atoms with van der Waals surface area (Å²) in [6.07, 6.45) is -0.219. The highest BCUT2D eigenvalue weighted by molar-refractivity contribution is 5.93. The minimum atomic E-state index is -0.677. The van der Waals surface area contributed by atoms with E-state index in [1.807, 2.05) is 54.6 Å². The molecule has 7 heteroatoms. The number of carbonyl (C=O) groups excluding carboxylic acids is 2. The Morgan fingerprint density at radius 2 is 1.75 bits per heavy atom. The molecule has 0 spiro atoms. The lowest BCUT2D eigenvalue weighted by molar-refractivity contribution is -0.128. The maximum atomic E-state index is 12.2. The number of hydrazine groups is 1. The van der Waals surface area contributed by atoms with Crippen molar-refractivity contribution in [2.75, 3.05) is 0 Å². The minimum absolute atomic E-state index is 0.0718. The van der Waals surface area contributed by atoms with Crippen molar-refractivity contribution < 1.29 is 23.5 Å². The molecule has 3 aromatic rings. The van der Waals surface area contributed by atoms with E-state index in [0.29, 0.717) is 23.7 Å². The molecule has 0 bridgehead atoms. The second kappa shape index (κ2) is 7.87. The average molecular weight is 378 g/mol. The fourth-order valence-electron chi connectivity index (χ4n) is 2.84. The lowest BCUT2D eigenvalue weighted by Crippen LogP contribution is -2.47. The molecule has 7 nitrogen and oxygen atoms in total. The van der Waals surface area contributed by atoms with Crippen LogP contribution in [0.15, 0.2) is 71.1 Å². The van der Waals surface area contributed by atoms with Gasteiger partial charge in [0.2, 0.25) is 0 Å². The highest BCUT2D eigenvalue weighted by Crippen LogP contribution is 2.28. The number of para-hydroxylation sites is 2. The zero-order valence-corrected chi connectivity index (χ0v) is 14.9. The fourth-order valence-corrected chi connectivity index (χ4v) is 2.84. The monoisotopic (exact) mass is 378 g/mol. The van der Waals surface area contributed by atoms with Gasteiger partial charge in [-0.1, -0.05) is 36.4 Å². The molecule has 0 fully saturated rings. The summed E-state index contributed by atoms with van der Waals surface area (Å²) in [5, 5.41) is 0. The first-order valence-electron chi connectivity index (χ1n) is 8.80. The lowest BCUT2D eigenvalue weighted by Gasteiger charge is -2.11. The molecule has 1 atom stereocenters. The van der Waals surface area contributed by atoms with Gasteiger partial charge in [0.05, 0.1) is 0 Å². The van der Waals surface area contributed by atoms with Crippen molar-refractivity contribution in [1.29, 1.82) is 0 Å². The van der Waals surface area contributed by atoms with Gasteiger partial charge in [0, 0.05) is 6.42 Å². The van der Waals surface area contributed by atoms with Crippen LogP contribution in [-0.4, -0.2) is 17.9 Å².